The monoisotopic (exact) mass is 623 g/mol. The van der Waals surface area contributed by atoms with Gasteiger partial charge in [-0.25, -0.2) is 0 Å². The number of nitrogens with two attached hydrogens (primary N) is 1. The van der Waals surface area contributed by atoms with E-state index in [1.165, 1.54) is 5.56 Å². The van der Waals surface area contributed by atoms with Crippen molar-refractivity contribution in [2.24, 2.45) is 0 Å². The van der Waals surface area contributed by atoms with Crippen LogP contribution in [0.25, 0.3) is 0 Å². The Labute approximate surface area is 269 Å². The Morgan fingerprint density at radius 1 is 0.826 bits per heavy atom. The fourth-order valence-corrected chi connectivity index (χ4v) is 7.31. The van der Waals surface area contributed by atoms with Gasteiger partial charge < -0.3 is 34.9 Å². The van der Waals surface area contributed by atoms with Gasteiger partial charge in [0.1, 0.15) is 5.75 Å². The van der Waals surface area contributed by atoms with Gasteiger partial charge in [0.05, 0.1) is 26.5 Å². The number of aromatic hydroxyl groups is 1. The lowest BCUT2D eigenvalue weighted by atomic mass is 9.86. The Hall–Kier alpha value is -4.44. The number of phenolic OH excluding ortho intramolecular Hbond substituents is 1. The van der Waals surface area contributed by atoms with Crippen LogP contribution in [0.3, 0.4) is 0 Å². The molecule has 4 aliphatic heterocycles. The lowest BCUT2D eigenvalue weighted by Gasteiger charge is -2.37. The minimum absolute atomic E-state index is 0.00503. The van der Waals surface area contributed by atoms with E-state index in [0.717, 1.165) is 53.7 Å². The molecule has 8 rings (SSSR count). The number of fused-ring (bicyclic) bond motifs is 2. The highest BCUT2D eigenvalue weighted by molar-refractivity contribution is 5.63. The SMILES string of the molecule is COc1cc2c3cc1Oc1c(OC)c(CO)cc4c1C(Cc1ccc(cc1)Oc1cc(cc(N)c1O)CC3N(C)CC2)N(C)CC4. The molecule has 0 aliphatic carbocycles. The molecule has 2 atom stereocenters. The van der Waals surface area contributed by atoms with Gasteiger partial charge >= 0.3 is 0 Å². The van der Waals surface area contributed by atoms with Crippen molar-refractivity contribution in [2.75, 3.05) is 47.1 Å². The third-order valence-electron chi connectivity index (χ3n) is 9.85. The first kappa shape index (κ1) is 30.2. The first-order valence-electron chi connectivity index (χ1n) is 15.8. The van der Waals surface area contributed by atoms with E-state index in [-0.39, 0.29) is 30.1 Å². The van der Waals surface area contributed by atoms with Gasteiger partial charge in [-0.1, -0.05) is 12.1 Å². The van der Waals surface area contributed by atoms with Gasteiger partial charge in [0, 0.05) is 36.3 Å². The fraction of sp³-hybridized carbons (Fsp3) is 0.351. The summed E-state index contributed by atoms with van der Waals surface area (Å²) in [5, 5.41) is 21.3. The zero-order chi connectivity index (χ0) is 32.1. The smallest absolute Gasteiger partial charge is 0.181 e. The third-order valence-corrected chi connectivity index (χ3v) is 9.85. The molecule has 4 aromatic carbocycles. The number of hydrogen-bond acceptors (Lipinski definition) is 9. The molecular formula is C37H41N3O6. The minimum Gasteiger partial charge on any atom is -0.503 e. The molecule has 0 saturated heterocycles. The average Bonchev–Trinajstić information content (AvgIpc) is 3.05. The fourth-order valence-electron chi connectivity index (χ4n) is 7.31. The molecule has 9 heteroatoms. The van der Waals surface area contributed by atoms with Crippen LogP contribution in [-0.4, -0.2) is 61.4 Å². The number of phenols is 1. The molecule has 6 bridgehead atoms. The average molecular weight is 624 g/mol. The summed E-state index contributed by atoms with van der Waals surface area (Å²) in [6.07, 6.45) is 3.04. The molecule has 4 N–H and O–H groups in total. The van der Waals surface area contributed by atoms with Crippen molar-refractivity contribution in [3.05, 3.63) is 93.5 Å². The summed E-state index contributed by atoms with van der Waals surface area (Å²) in [7, 11) is 7.54. The number of ether oxygens (including phenoxy) is 4. The second-order valence-corrected chi connectivity index (χ2v) is 12.6. The second kappa shape index (κ2) is 12.1. The van der Waals surface area contributed by atoms with Crippen LogP contribution < -0.4 is 24.7 Å². The molecule has 0 aromatic heterocycles. The van der Waals surface area contributed by atoms with Crippen molar-refractivity contribution >= 4 is 5.69 Å². The summed E-state index contributed by atoms with van der Waals surface area (Å²) in [6, 6.07) is 17.9. The number of rotatable bonds is 3. The lowest BCUT2D eigenvalue weighted by Crippen LogP contribution is -2.34. The van der Waals surface area contributed by atoms with Crippen LogP contribution in [0.2, 0.25) is 0 Å². The number of aliphatic hydroxyl groups is 1. The highest BCUT2D eigenvalue weighted by Crippen LogP contribution is 2.50. The summed E-state index contributed by atoms with van der Waals surface area (Å²) < 4.78 is 25.1. The van der Waals surface area contributed by atoms with E-state index >= 15 is 0 Å². The molecule has 2 unspecified atom stereocenters. The summed E-state index contributed by atoms with van der Waals surface area (Å²) in [6.45, 7) is 1.57. The standard InChI is InChI=1S/C37H41N3O6/c1-39-11-9-23-18-31(43-3)32-19-27(23)29(39)15-22-13-28(38)35(42)33(16-22)45-26-7-5-21(6-8-26)14-30-34-24(10-12-40(30)2)17-25(20-41)36(44-4)37(34)46-32/h5-8,13,16-19,29-30,41-42H,9-12,14-15,20,38H2,1-4H3. The molecule has 4 aliphatic rings. The van der Waals surface area contributed by atoms with Crippen molar-refractivity contribution in [1.82, 2.24) is 9.80 Å². The predicted octanol–water partition coefficient (Wildman–Crippen LogP) is 5.93. The number of hydrogen-bond donors (Lipinski definition) is 3. The van der Waals surface area contributed by atoms with Gasteiger partial charge in [-0.2, -0.15) is 0 Å². The van der Waals surface area contributed by atoms with Crippen LogP contribution >= 0.6 is 0 Å². The molecule has 4 aromatic rings. The molecule has 0 radical (unpaired) electrons. The van der Waals surface area contributed by atoms with Crippen molar-refractivity contribution in [3.63, 3.8) is 0 Å². The number of nitrogens with zero attached hydrogens (tertiary/aromatic N) is 2. The normalized spacial score (nSPS) is 19.3. The first-order valence-corrected chi connectivity index (χ1v) is 15.8. The molecule has 46 heavy (non-hydrogen) atoms. The molecule has 240 valence electrons. The number of benzene rings is 4. The Balaban J connectivity index is 1.47. The zero-order valence-corrected chi connectivity index (χ0v) is 26.8. The molecule has 4 heterocycles. The van der Waals surface area contributed by atoms with Crippen LogP contribution in [0.4, 0.5) is 5.69 Å². The van der Waals surface area contributed by atoms with Crippen molar-refractivity contribution in [2.45, 2.75) is 44.4 Å². The van der Waals surface area contributed by atoms with Crippen LogP contribution in [0.1, 0.15) is 51.0 Å². The first-order chi connectivity index (χ1) is 22.3. The Morgan fingerprint density at radius 3 is 2.26 bits per heavy atom. The lowest BCUT2D eigenvalue weighted by molar-refractivity contribution is 0.219. The summed E-state index contributed by atoms with van der Waals surface area (Å²) in [5.74, 6) is 3.25. The van der Waals surface area contributed by atoms with Crippen molar-refractivity contribution in [3.8, 4) is 40.2 Å². The molecule has 0 spiro atoms. The van der Waals surface area contributed by atoms with E-state index in [2.05, 4.69) is 54.2 Å². The largest absolute Gasteiger partial charge is 0.503 e. The molecule has 9 nitrogen and oxygen atoms in total. The zero-order valence-electron chi connectivity index (χ0n) is 26.8. The van der Waals surface area contributed by atoms with Gasteiger partial charge in [-0.15, -0.1) is 0 Å². The quantitative estimate of drug-likeness (QED) is 0.189. The molecular weight excluding hydrogens is 582 g/mol. The van der Waals surface area contributed by atoms with Crippen LogP contribution in [-0.2, 0) is 32.3 Å². The van der Waals surface area contributed by atoms with Crippen molar-refractivity contribution < 1.29 is 29.2 Å². The second-order valence-electron chi connectivity index (χ2n) is 12.6. The highest BCUT2D eigenvalue weighted by atomic mass is 16.5. The summed E-state index contributed by atoms with van der Waals surface area (Å²) >= 11 is 0. The number of nitrogen functional groups attached to an aromatic ring is 1. The van der Waals surface area contributed by atoms with E-state index in [1.807, 2.05) is 24.3 Å². The molecule has 0 fully saturated rings. The predicted molar refractivity (Wildman–Crippen MR) is 177 cm³/mol. The minimum atomic E-state index is -0.166. The van der Waals surface area contributed by atoms with Crippen LogP contribution in [0, 0.1) is 0 Å². The van der Waals surface area contributed by atoms with E-state index in [0.29, 0.717) is 52.9 Å². The Kier molecular flexibility index (Phi) is 7.92. The maximum atomic E-state index is 10.9. The van der Waals surface area contributed by atoms with Crippen molar-refractivity contribution in [1.29, 1.82) is 0 Å². The van der Waals surface area contributed by atoms with Gasteiger partial charge in [0.2, 0.25) is 0 Å². The van der Waals surface area contributed by atoms with Crippen LogP contribution in [0.5, 0.6) is 40.2 Å². The number of likely N-dealkylation sites (N-methyl/N-ethyl adjacent to an activating group) is 2. The summed E-state index contributed by atoms with van der Waals surface area (Å²) in [4.78, 5) is 4.68. The van der Waals surface area contributed by atoms with E-state index in [9.17, 15) is 10.2 Å². The van der Waals surface area contributed by atoms with Gasteiger partial charge in [-0.05, 0) is 110 Å². The molecule has 0 amide bonds. The third kappa shape index (κ3) is 5.28. The number of aliphatic hydroxyl groups excluding tert-OH is 1. The maximum absolute atomic E-state index is 10.9. The van der Waals surface area contributed by atoms with E-state index in [1.54, 1.807) is 14.2 Å². The maximum Gasteiger partial charge on any atom is 0.181 e. The Morgan fingerprint density at radius 2 is 1.54 bits per heavy atom. The topological polar surface area (TPSA) is 110 Å². The van der Waals surface area contributed by atoms with E-state index in [4.69, 9.17) is 24.7 Å². The van der Waals surface area contributed by atoms with Crippen LogP contribution in [0.15, 0.2) is 54.6 Å². The van der Waals surface area contributed by atoms with Gasteiger partial charge in [0.15, 0.2) is 34.5 Å². The van der Waals surface area contributed by atoms with Gasteiger partial charge in [-0.3, -0.25) is 9.80 Å². The molecule has 0 saturated carbocycles. The van der Waals surface area contributed by atoms with E-state index < -0.39 is 0 Å². The highest BCUT2D eigenvalue weighted by Gasteiger charge is 2.34. The Bertz CT molecular complexity index is 1790. The number of anilines is 1. The van der Waals surface area contributed by atoms with Gasteiger partial charge in [0.25, 0.3) is 0 Å². The number of methoxy groups -OCH3 is 2. The summed E-state index contributed by atoms with van der Waals surface area (Å²) in [5.41, 5.74) is 13.9.